The summed E-state index contributed by atoms with van der Waals surface area (Å²) in [5.41, 5.74) is 8.72. The van der Waals surface area contributed by atoms with Crippen molar-refractivity contribution in [1.29, 1.82) is 0 Å². The van der Waals surface area contributed by atoms with E-state index in [9.17, 15) is 0 Å². The molecule has 1 unspecified atom stereocenters. The van der Waals surface area contributed by atoms with Gasteiger partial charge in [0.05, 0.1) is 11.2 Å². The van der Waals surface area contributed by atoms with Gasteiger partial charge in [-0.05, 0) is 22.8 Å². The third-order valence-corrected chi connectivity index (χ3v) is 13.3. The third-order valence-electron chi connectivity index (χ3n) is 10.1. The van der Waals surface area contributed by atoms with Crippen LogP contribution in [0.4, 0.5) is 0 Å². The average molecular weight is 699 g/mol. The number of hydrogen-bond acceptors (Lipinski definition) is 4. The molecule has 6 heteroatoms. The van der Waals surface area contributed by atoms with Crippen molar-refractivity contribution in [3.63, 3.8) is 0 Å². The molecule has 10 rings (SSSR count). The molecule has 0 bridgehead atoms. The molecule has 5 nitrogen and oxygen atoms in total. The van der Waals surface area contributed by atoms with E-state index in [1.54, 1.807) is 0 Å². The highest BCUT2D eigenvalue weighted by molar-refractivity contribution is 7.85. The van der Waals surface area contributed by atoms with Gasteiger partial charge in [0.15, 0.2) is 18.8 Å². The van der Waals surface area contributed by atoms with Gasteiger partial charge in [-0.1, -0.05) is 182 Å². The van der Waals surface area contributed by atoms with Gasteiger partial charge in [0.2, 0.25) is 5.95 Å². The first-order valence-corrected chi connectivity index (χ1v) is 19.4. The number of fused-ring (bicyclic) bond motifs is 7. The van der Waals surface area contributed by atoms with Gasteiger partial charge >= 0.3 is 0 Å². The zero-order valence-electron chi connectivity index (χ0n) is 28.5. The fraction of sp³-hybridized carbons (Fsp3) is 0. The average Bonchev–Trinajstić information content (AvgIpc) is 3.55. The second kappa shape index (κ2) is 12.5. The van der Waals surface area contributed by atoms with E-state index in [0.717, 1.165) is 71.5 Å². The van der Waals surface area contributed by atoms with Crippen LogP contribution in [0.5, 0.6) is 0 Å². The Morgan fingerprint density at radius 2 is 0.887 bits per heavy atom. The van der Waals surface area contributed by atoms with Crippen molar-refractivity contribution in [3.05, 3.63) is 188 Å². The molecule has 3 heterocycles. The summed E-state index contributed by atoms with van der Waals surface area (Å²) in [7, 11) is -3.34. The number of para-hydroxylation sites is 1. The first-order chi connectivity index (χ1) is 26.2. The number of aromatic nitrogens is 4. The predicted molar refractivity (Wildman–Crippen MR) is 217 cm³/mol. The van der Waals surface area contributed by atoms with Crippen LogP contribution in [0.15, 0.2) is 188 Å². The van der Waals surface area contributed by atoms with E-state index >= 15 is 4.57 Å². The van der Waals surface area contributed by atoms with Crippen LogP contribution in [-0.2, 0) is 4.57 Å². The molecule has 0 radical (unpaired) electrons. The van der Waals surface area contributed by atoms with Crippen molar-refractivity contribution < 1.29 is 4.57 Å². The molecule has 7 aromatic carbocycles. The van der Waals surface area contributed by atoms with Gasteiger partial charge < -0.3 is 4.57 Å². The normalized spacial score (nSPS) is 14.6. The first-order valence-electron chi connectivity index (χ1n) is 17.7. The van der Waals surface area contributed by atoms with Crippen LogP contribution in [0.2, 0.25) is 0 Å². The molecule has 9 aromatic rings. The van der Waals surface area contributed by atoms with Crippen molar-refractivity contribution in [2.24, 2.45) is 0 Å². The van der Waals surface area contributed by atoms with Crippen molar-refractivity contribution >= 4 is 34.0 Å². The van der Waals surface area contributed by atoms with Crippen LogP contribution >= 0.6 is 7.14 Å². The van der Waals surface area contributed by atoms with Gasteiger partial charge in [0, 0.05) is 43.6 Å². The van der Waals surface area contributed by atoms with Gasteiger partial charge in [0.1, 0.15) is 0 Å². The van der Waals surface area contributed by atoms with Crippen molar-refractivity contribution in [2.45, 2.75) is 0 Å². The predicted octanol–water partition coefficient (Wildman–Crippen LogP) is 10.1. The van der Waals surface area contributed by atoms with Crippen molar-refractivity contribution in [1.82, 2.24) is 19.5 Å². The summed E-state index contributed by atoms with van der Waals surface area (Å²) >= 11 is 0. The molecule has 0 amide bonds. The molecule has 0 N–H and O–H groups in total. The lowest BCUT2D eigenvalue weighted by Gasteiger charge is -2.22. The SMILES string of the molecule is O=P1(c2ccccc2)c2ccccc2-c2c(n(-c3nc(-c4ccccc4)nc(-c4ccc(-c5ccccc5)cc4)n3)c3ccccc23)-c2ccccc21. The zero-order valence-corrected chi connectivity index (χ0v) is 29.4. The van der Waals surface area contributed by atoms with E-state index in [0.29, 0.717) is 17.6 Å². The first kappa shape index (κ1) is 31.1. The fourth-order valence-electron chi connectivity index (χ4n) is 7.68. The fourth-order valence-corrected chi connectivity index (χ4v) is 10.7. The lowest BCUT2D eigenvalue weighted by molar-refractivity contribution is 0.592. The summed E-state index contributed by atoms with van der Waals surface area (Å²) < 4.78 is 18.2. The quantitative estimate of drug-likeness (QED) is 0.168. The molecule has 0 aliphatic carbocycles. The van der Waals surface area contributed by atoms with Crippen LogP contribution in [0, 0.1) is 0 Å². The molecular formula is C47H31N4OP. The van der Waals surface area contributed by atoms with Crippen LogP contribution < -0.4 is 15.9 Å². The van der Waals surface area contributed by atoms with E-state index in [1.165, 1.54) is 0 Å². The smallest absolute Gasteiger partial charge is 0.238 e. The van der Waals surface area contributed by atoms with Gasteiger partial charge in [-0.3, -0.25) is 4.57 Å². The van der Waals surface area contributed by atoms with E-state index in [1.807, 2.05) is 121 Å². The van der Waals surface area contributed by atoms with Gasteiger partial charge in [0.25, 0.3) is 0 Å². The topological polar surface area (TPSA) is 60.7 Å². The van der Waals surface area contributed by atoms with Gasteiger partial charge in [-0.2, -0.15) is 9.97 Å². The Balaban J connectivity index is 1.29. The molecule has 0 fully saturated rings. The maximum Gasteiger partial charge on any atom is 0.238 e. The zero-order chi connectivity index (χ0) is 35.4. The van der Waals surface area contributed by atoms with Gasteiger partial charge in [-0.25, -0.2) is 4.98 Å². The molecular weight excluding hydrogens is 668 g/mol. The molecule has 1 atom stereocenters. The molecule has 250 valence electrons. The molecule has 1 aliphatic heterocycles. The highest BCUT2D eigenvalue weighted by Crippen LogP contribution is 2.54. The molecule has 0 spiro atoms. The summed E-state index contributed by atoms with van der Waals surface area (Å²) in [5, 5.41) is 3.44. The minimum Gasteiger partial charge on any atom is -0.309 e. The van der Waals surface area contributed by atoms with Crippen LogP contribution in [0.1, 0.15) is 0 Å². The maximum absolute atomic E-state index is 16.0. The summed E-state index contributed by atoms with van der Waals surface area (Å²) in [5.74, 6) is 1.63. The highest BCUT2D eigenvalue weighted by atomic mass is 31.2. The standard InChI is InChI=1S/C47H31N4OP/c52-53(36-20-8-3-9-21-36)41-26-14-11-23-38(41)43-37-22-10-13-25-40(37)51(44(43)39-24-12-15-27-42(39)53)47-49-45(34-18-6-2-7-19-34)48-46(50-47)35-30-28-33(29-31-35)32-16-4-1-5-17-32/h1-31H. The Bertz CT molecular complexity index is 2850. The monoisotopic (exact) mass is 698 g/mol. The molecule has 0 saturated carbocycles. The molecule has 0 saturated heterocycles. The number of hydrogen-bond donors (Lipinski definition) is 0. The maximum atomic E-state index is 16.0. The third kappa shape index (κ3) is 5.01. The molecule has 53 heavy (non-hydrogen) atoms. The van der Waals surface area contributed by atoms with Crippen LogP contribution in [0.3, 0.4) is 0 Å². The van der Waals surface area contributed by atoms with E-state index in [-0.39, 0.29) is 0 Å². The van der Waals surface area contributed by atoms with Crippen molar-refractivity contribution in [2.75, 3.05) is 0 Å². The second-order valence-corrected chi connectivity index (χ2v) is 15.8. The van der Waals surface area contributed by atoms with Crippen molar-refractivity contribution in [3.8, 4) is 62.2 Å². The second-order valence-electron chi connectivity index (χ2n) is 13.1. The van der Waals surface area contributed by atoms with E-state index < -0.39 is 7.14 Å². The summed E-state index contributed by atoms with van der Waals surface area (Å²) in [6.07, 6.45) is 0. The number of rotatable bonds is 5. The number of nitrogens with zero attached hydrogens (tertiary/aromatic N) is 4. The molecule has 1 aliphatic rings. The lowest BCUT2D eigenvalue weighted by Crippen LogP contribution is -2.26. The van der Waals surface area contributed by atoms with Crippen LogP contribution in [-0.4, -0.2) is 19.5 Å². The summed E-state index contributed by atoms with van der Waals surface area (Å²) in [6.45, 7) is 0. The molecule has 2 aromatic heterocycles. The largest absolute Gasteiger partial charge is 0.309 e. The Hall–Kier alpha value is -6.68. The minimum atomic E-state index is -3.34. The lowest BCUT2D eigenvalue weighted by atomic mass is 9.98. The van der Waals surface area contributed by atoms with Crippen LogP contribution in [0.25, 0.3) is 73.1 Å². The summed E-state index contributed by atoms with van der Waals surface area (Å²) in [4.78, 5) is 15.5. The van der Waals surface area contributed by atoms with Gasteiger partial charge in [-0.15, -0.1) is 0 Å². The highest BCUT2D eigenvalue weighted by Gasteiger charge is 2.40. The Kier molecular flexibility index (Phi) is 7.34. The van der Waals surface area contributed by atoms with E-state index in [2.05, 4.69) is 71.3 Å². The Morgan fingerprint density at radius 3 is 1.57 bits per heavy atom. The Morgan fingerprint density at radius 1 is 0.415 bits per heavy atom. The minimum absolute atomic E-state index is 0.488. The summed E-state index contributed by atoms with van der Waals surface area (Å²) in [6, 6.07) is 63.3. The van der Waals surface area contributed by atoms with E-state index in [4.69, 9.17) is 15.0 Å². The number of benzene rings is 7. The Labute approximate surface area is 307 Å².